The second-order valence-electron chi connectivity index (χ2n) is 7.70. The minimum absolute atomic E-state index is 0.467. The van der Waals surface area contributed by atoms with Gasteiger partial charge < -0.3 is 33.6 Å². The number of hydrogen-bond donors (Lipinski definition) is 3. The van der Waals surface area contributed by atoms with E-state index in [-0.39, 0.29) is 0 Å². The molecule has 1 aromatic carbocycles. The van der Waals surface area contributed by atoms with Gasteiger partial charge in [-0.05, 0) is 63.3 Å². The van der Waals surface area contributed by atoms with Crippen LogP contribution in [0.4, 0.5) is 5.82 Å². The maximum atomic E-state index is 8.88. The van der Waals surface area contributed by atoms with Crippen LogP contribution < -0.4 is 14.4 Å². The van der Waals surface area contributed by atoms with Gasteiger partial charge in [0.2, 0.25) is 0 Å². The minimum atomic E-state index is -4.64. The summed E-state index contributed by atoms with van der Waals surface area (Å²) in [5.74, 6) is 2.94. The third kappa shape index (κ3) is 7.97. The van der Waals surface area contributed by atoms with E-state index in [1.54, 1.807) is 0 Å². The van der Waals surface area contributed by atoms with Crippen molar-refractivity contribution in [3.8, 4) is 11.7 Å². The first-order valence-electron chi connectivity index (χ1n) is 10.7. The molecule has 0 unspecified atom stereocenters. The van der Waals surface area contributed by atoms with Gasteiger partial charge in [-0.3, -0.25) is 0 Å². The predicted octanol–water partition coefficient (Wildman–Crippen LogP) is 3.08. The molecule has 3 N–H and O–H groups in total. The van der Waals surface area contributed by atoms with E-state index in [2.05, 4.69) is 26.3 Å². The average molecular weight is 480 g/mol. The van der Waals surface area contributed by atoms with Gasteiger partial charge in [-0.15, -0.1) is 5.10 Å². The molecule has 0 bridgehead atoms. The van der Waals surface area contributed by atoms with Crippen molar-refractivity contribution < 1.29 is 33.2 Å². The topological polar surface area (TPSA) is 151 Å². The molecule has 4 rings (SSSR count). The number of ether oxygens (including phenoxy) is 2. The molecule has 3 aromatic rings. The van der Waals surface area contributed by atoms with Crippen molar-refractivity contribution in [1.82, 2.24) is 15.4 Å². The monoisotopic (exact) mass is 480 g/mol. The first-order valence-corrected chi connectivity index (χ1v) is 12.3. The van der Waals surface area contributed by atoms with E-state index in [1.807, 2.05) is 38.1 Å². The van der Waals surface area contributed by atoms with Crippen molar-refractivity contribution in [2.45, 2.75) is 33.1 Å². The lowest BCUT2D eigenvalue weighted by molar-refractivity contribution is 0.230. The van der Waals surface area contributed by atoms with Gasteiger partial charge in [-0.25, -0.2) is 4.57 Å². The predicted molar refractivity (Wildman–Crippen MR) is 121 cm³/mol. The Labute approximate surface area is 191 Å². The second kappa shape index (κ2) is 11.4. The normalized spacial score (nSPS) is 14.6. The lowest BCUT2D eigenvalue weighted by Crippen LogP contribution is -2.34. The highest BCUT2D eigenvalue weighted by molar-refractivity contribution is 7.45. The largest absolute Gasteiger partial charge is 0.494 e. The minimum Gasteiger partial charge on any atom is -0.494 e. The molecule has 0 radical (unpaired) electrons. The maximum absolute atomic E-state index is 8.88. The number of rotatable bonds is 7. The van der Waals surface area contributed by atoms with Gasteiger partial charge in [-0.2, -0.15) is 5.10 Å². The smallest absolute Gasteiger partial charge is 0.466 e. The molecule has 11 nitrogen and oxygen atoms in total. The number of anilines is 1. The summed E-state index contributed by atoms with van der Waals surface area (Å²) in [5, 5.41) is 13.4. The van der Waals surface area contributed by atoms with Crippen LogP contribution in [0.3, 0.4) is 0 Å². The summed E-state index contributed by atoms with van der Waals surface area (Å²) in [6, 6.07) is 9.86. The van der Waals surface area contributed by atoms with Crippen LogP contribution in [-0.2, 0) is 4.57 Å². The highest BCUT2D eigenvalue weighted by Gasteiger charge is 2.20. The number of phosphoric acid groups is 1. The summed E-state index contributed by atoms with van der Waals surface area (Å²) in [4.78, 5) is 23.9. The van der Waals surface area contributed by atoms with E-state index in [1.165, 1.54) is 0 Å². The van der Waals surface area contributed by atoms with Crippen LogP contribution in [0.25, 0.3) is 10.9 Å². The highest BCUT2D eigenvalue weighted by Crippen LogP contribution is 2.29. The average Bonchev–Trinajstić information content (AvgIpc) is 3.16. The third-order valence-corrected chi connectivity index (χ3v) is 5.21. The van der Waals surface area contributed by atoms with E-state index < -0.39 is 7.82 Å². The maximum Gasteiger partial charge on any atom is 0.466 e. The number of benzene rings is 1. The second-order valence-corrected chi connectivity index (χ2v) is 8.72. The Morgan fingerprint density at radius 2 is 1.85 bits per heavy atom. The van der Waals surface area contributed by atoms with Crippen LogP contribution in [0.5, 0.6) is 11.7 Å². The molecule has 0 aliphatic carbocycles. The molecule has 0 amide bonds. The van der Waals surface area contributed by atoms with Crippen LogP contribution in [0.1, 0.15) is 31.9 Å². The van der Waals surface area contributed by atoms with Crippen LogP contribution in [-0.4, -0.2) is 56.3 Å². The Morgan fingerprint density at radius 3 is 2.48 bits per heavy atom. The molecular formula is C21H29N4O7P. The van der Waals surface area contributed by atoms with Crippen molar-refractivity contribution in [1.29, 1.82) is 0 Å². The first-order chi connectivity index (χ1) is 15.7. The number of hydrogen-bond acceptors (Lipinski definition) is 8. The Bertz CT molecular complexity index is 1050. The van der Waals surface area contributed by atoms with Crippen LogP contribution >= 0.6 is 7.82 Å². The fraction of sp³-hybridized carbons (Fsp3) is 0.476. The highest BCUT2D eigenvalue weighted by atomic mass is 31.2. The number of aryl methyl sites for hydroxylation is 1. The Balaban J connectivity index is 0.000000555. The summed E-state index contributed by atoms with van der Waals surface area (Å²) in [5.41, 5.74) is 1.71. The van der Waals surface area contributed by atoms with Crippen molar-refractivity contribution in [2.75, 3.05) is 31.2 Å². The lowest BCUT2D eigenvalue weighted by atomic mass is 9.94. The number of nitrogens with zero attached hydrogens (tertiary/aromatic N) is 4. The van der Waals surface area contributed by atoms with Gasteiger partial charge in [0, 0.05) is 19.2 Å². The van der Waals surface area contributed by atoms with Gasteiger partial charge >= 0.3 is 13.8 Å². The van der Waals surface area contributed by atoms with Gasteiger partial charge in [0.1, 0.15) is 11.3 Å². The van der Waals surface area contributed by atoms with E-state index in [4.69, 9.17) is 33.2 Å². The number of piperidine rings is 1. The van der Waals surface area contributed by atoms with Crippen LogP contribution in [0.15, 0.2) is 34.9 Å². The standard InChI is InChI=1S/C21H26N4O3.H3O4P/c1-3-26-21-18-6-5-17(14-19(18)24-28-21)27-13-10-16-8-11-25(12-9-16)20-7-4-15(2)22-23-20;1-5(2,3)4/h4-7,14,16H,3,8-13H2,1-2H3;(H3,1,2,3,4). The molecule has 33 heavy (non-hydrogen) atoms. The van der Waals surface area contributed by atoms with Crippen molar-refractivity contribution in [3.63, 3.8) is 0 Å². The fourth-order valence-electron chi connectivity index (χ4n) is 3.58. The zero-order valence-electron chi connectivity index (χ0n) is 18.6. The quantitative estimate of drug-likeness (QED) is 0.428. The summed E-state index contributed by atoms with van der Waals surface area (Å²) in [6.45, 7) is 7.18. The summed E-state index contributed by atoms with van der Waals surface area (Å²) in [7, 11) is -4.64. The van der Waals surface area contributed by atoms with E-state index in [9.17, 15) is 0 Å². The summed E-state index contributed by atoms with van der Waals surface area (Å²) in [6.07, 6.45) is 3.35. The molecule has 1 aliphatic heterocycles. The van der Waals surface area contributed by atoms with Crippen molar-refractivity contribution in [2.24, 2.45) is 5.92 Å². The fourth-order valence-corrected chi connectivity index (χ4v) is 3.58. The van der Waals surface area contributed by atoms with Crippen molar-refractivity contribution in [3.05, 3.63) is 36.0 Å². The molecule has 3 heterocycles. The molecule has 1 aliphatic rings. The van der Waals surface area contributed by atoms with Crippen LogP contribution in [0, 0.1) is 12.8 Å². The first kappa shape index (κ1) is 24.9. The summed E-state index contributed by atoms with van der Waals surface area (Å²) < 4.78 is 25.5. The molecule has 0 saturated carbocycles. The van der Waals surface area contributed by atoms with Gasteiger partial charge in [0.15, 0.2) is 5.82 Å². The van der Waals surface area contributed by atoms with E-state index in [0.29, 0.717) is 25.1 Å². The molecule has 180 valence electrons. The Kier molecular flexibility index (Phi) is 8.62. The van der Waals surface area contributed by atoms with E-state index >= 15 is 0 Å². The SMILES string of the molecule is CCOc1onc2cc(OCCC3CCN(c4ccc(C)nn4)CC3)ccc12.O=P(O)(O)O. The van der Waals surface area contributed by atoms with Gasteiger partial charge in [-0.1, -0.05) is 5.16 Å². The molecule has 0 spiro atoms. The Hall–Kier alpha value is -2.72. The van der Waals surface area contributed by atoms with E-state index in [0.717, 1.165) is 60.5 Å². The molecule has 1 fully saturated rings. The zero-order chi connectivity index (χ0) is 23.8. The number of fused-ring (bicyclic) bond motifs is 1. The zero-order valence-corrected chi connectivity index (χ0v) is 19.5. The van der Waals surface area contributed by atoms with Crippen LogP contribution in [0.2, 0.25) is 0 Å². The van der Waals surface area contributed by atoms with Crippen molar-refractivity contribution >= 4 is 24.5 Å². The third-order valence-electron chi connectivity index (χ3n) is 5.21. The molecular weight excluding hydrogens is 451 g/mol. The molecule has 2 aromatic heterocycles. The Morgan fingerprint density at radius 1 is 1.12 bits per heavy atom. The molecule has 0 atom stereocenters. The summed E-state index contributed by atoms with van der Waals surface area (Å²) >= 11 is 0. The van der Waals surface area contributed by atoms with Gasteiger partial charge in [0.25, 0.3) is 0 Å². The molecule has 1 saturated heterocycles. The number of aromatic nitrogens is 3. The lowest BCUT2D eigenvalue weighted by Gasteiger charge is -2.32. The van der Waals surface area contributed by atoms with Gasteiger partial charge in [0.05, 0.1) is 24.3 Å². The molecule has 12 heteroatoms.